The summed E-state index contributed by atoms with van der Waals surface area (Å²) in [5.74, 6) is 0. The van der Waals surface area contributed by atoms with Crippen molar-refractivity contribution in [1.82, 2.24) is 0 Å². The summed E-state index contributed by atoms with van der Waals surface area (Å²) in [4.78, 5) is 0. The van der Waals surface area contributed by atoms with Crippen molar-refractivity contribution in [2.45, 2.75) is 91.9 Å². The number of hydrogen-bond donors (Lipinski definition) is 0. The molecule has 1 aromatic carbocycles. The van der Waals surface area contributed by atoms with Crippen molar-refractivity contribution in [3.05, 3.63) is 52.7 Å². The predicted molar refractivity (Wildman–Crippen MR) is 121 cm³/mol. The zero-order valence-corrected chi connectivity index (χ0v) is 19.7. The van der Waals surface area contributed by atoms with Crippen molar-refractivity contribution < 1.29 is 4.57 Å². The second kappa shape index (κ2) is 7.01. The summed E-state index contributed by atoms with van der Waals surface area (Å²) in [6, 6.07) is 9.64. The highest BCUT2D eigenvalue weighted by Gasteiger charge is 2.35. The molecule has 0 spiro atoms. The smallest absolute Gasteiger partial charge is 0.201 e. The first-order valence-corrected chi connectivity index (χ1v) is 10.9. The van der Waals surface area contributed by atoms with Gasteiger partial charge in [0.05, 0.1) is 0 Å². The van der Waals surface area contributed by atoms with Crippen LogP contribution in [0.2, 0.25) is 0 Å². The van der Waals surface area contributed by atoms with Crippen molar-refractivity contribution in [2.75, 3.05) is 0 Å². The molecule has 0 saturated carbocycles. The summed E-state index contributed by atoms with van der Waals surface area (Å²) >= 11 is 0. The van der Waals surface area contributed by atoms with Gasteiger partial charge in [-0.25, -0.2) is 4.57 Å². The van der Waals surface area contributed by atoms with Crippen molar-refractivity contribution in [2.24, 2.45) is 12.5 Å². The first-order valence-electron chi connectivity index (χ1n) is 10.9. The van der Waals surface area contributed by atoms with Crippen molar-refractivity contribution in [3.63, 3.8) is 0 Å². The number of aromatic nitrogens is 1. The van der Waals surface area contributed by atoms with Crippen LogP contribution in [0.1, 0.15) is 90.0 Å². The average molecular weight is 379 g/mol. The minimum atomic E-state index is 0.232. The van der Waals surface area contributed by atoms with Gasteiger partial charge in [0, 0.05) is 17.2 Å². The molecule has 0 radical (unpaired) electrons. The van der Waals surface area contributed by atoms with E-state index in [4.69, 9.17) is 0 Å². The van der Waals surface area contributed by atoms with Crippen LogP contribution in [-0.4, -0.2) is 0 Å². The molecule has 1 aliphatic rings. The van der Waals surface area contributed by atoms with Crippen LogP contribution in [0.5, 0.6) is 0 Å². The molecule has 0 unspecified atom stereocenters. The SMILES string of the molecule is Cc1cc2c(cc1-c1ccc(CC(C)(C)C)c[n+]1C)C(C)(C)CCCC2(C)C. The van der Waals surface area contributed by atoms with Crippen LogP contribution in [-0.2, 0) is 24.3 Å². The summed E-state index contributed by atoms with van der Waals surface area (Å²) in [6.45, 7) is 18.9. The van der Waals surface area contributed by atoms with Gasteiger partial charge in [0.1, 0.15) is 7.05 Å². The fourth-order valence-electron chi connectivity index (χ4n) is 5.01. The molecule has 28 heavy (non-hydrogen) atoms. The van der Waals surface area contributed by atoms with E-state index in [0.29, 0.717) is 5.41 Å². The van der Waals surface area contributed by atoms with Gasteiger partial charge >= 0.3 is 0 Å². The number of hydrogen-bond acceptors (Lipinski definition) is 0. The molecule has 0 N–H and O–H groups in total. The Balaban J connectivity index is 2.13. The molecule has 0 fully saturated rings. The lowest BCUT2D eigenvalue weighted by molar-refractivity contribution is -0.660. The fourth-order valence-corrected chi connectivity index (χ4v) is 5.01. The third-order valence-electron chi connectivity index (χ3n) is 6.63. The normalized spacial score (nSPS) is 18.5. The number of fused-ring (bicyclic) bond motifs is 1. The van der Waals surface area contributed by atoms with Crippen molar-refractivity contribution in [1.29, 1.82) is 0 Å². The maximum atomic E-state index is 2.51. The van der Waals surface area contributed by atoms with E-state index in [0.717, 1.165) is 6.42 Å². The third-order valence-corrected chi connectivity index (χ3v) is 6.63. The van der Waals surface area contributed by atoms with Crippen molar-refractivity contribution >= 4 is 0 Å². The molecule has 0 aliphatic heterocycles. The molecule has 1 nitrogen and oxygen atoms in total. The monoisotopic (exact) mass is 378 g/mol. The molecule has 3 rings (SSSR count). The number of rotatable bonds is 2. The summed E-state index contributed by atoms with van der Waals surface area (Å²) in [7, 11) is 2.20. The Bertz CT molecular complexity index is 878. The van der Waals surface area contributed by atoms with E-state index >= 15 is 0 Å². The molecule has 2 aromatic rings. The average Bonchev–Trinajstić information content (AvgIpc) is 2.60. The van der Waals surface area contributed by atoms with Crippen LogP contribution in [0.3, 0.4) is 0 Å². The van der Waals surface area contributed by atoms with Gasteiger partial charge in [0.25, 0.3) is 0 Å². The van der Waals surface area contributed by atoms with Gasteiger partial charge < -0.3 is 0 Å². The molecular weight excluding hydrogens is 338 g/mol. The highest BCUT2D eigenvalue weighted by molar-refractivity contribution is 5.65. The number of aryl methyl sites for hydroxylation is 2. The summed E-state index contributed by atoms with van der Waals surface area (Å²) < 4.78 is 2.32. The number of benzene rings is 1. The largest absolute Gasteiger partial charge is 0.212 e. The fraction of sp³-hybridized carbons (Fsp3) is 0.593. The third kappa shape index (κ3) is 4.19. The van der Waals surface area contributed by atoms with Crippen LogP contribution in [0, 0.1) is 12.3 Å². The Morgan fingerprint density at radius 3 is 2.04 bits per heavy atom. The first-order chi connectivity index (χ1) is 12.8. The lowest BCUT2D eigenvalue weighted by Gasteiger charge is -2.31. The Kier molecular flexibility index (Phi) is 5.28. The summed E-state index contributed by atoms with van der Waals surface area (Å²) in [5, 5.41) is 0. The van der Waals surface area contributed by atoms with Crippen LogP contribution >= 0.6 is 0 Å². The Morgan fingerprint density at radius 2 is 1.50 bits per heavy atom. The quantitative estimate of drug-likeness (QED) is 0.399. The number of pyridine rings is 1. The standard InChI is InChI=1S/C27H40N/c1-19-15-22-23(27(7,8)14-10-13-26(22,5)6)16-21(19)24-12-11-20(18-28(24)9)17-25(2,3)4/h11-12,15-16,18H,10,13-14,17H2,1-9H3/q+1. The maximum Gasteiger partial charge on any atom is 0.212 e. The summed E-state index contributed by atoms with van der Waals surface area (Å²) in [6.07, 6.45) is 7.27. The van der Waals surface area contributed by atoms with Crippen LogP contribution in [0.15, 0.2) is 30.5 Å². The Morgan fingerprint density at radius 1 is 0.929 bits per heavy atom. The van der Waals surface area contributed by atoms with E-state index in [2.05, 4.69) is 97.5 Å². The van der Waals surface area contributed by atoms with Gasteiger partial charge in [-0.1, -0.05) is 61.0 Å². The van der Waals surface area contributed by atoms with E-state index in [1.54, 1.807) is 11.1 Å². The first kappa shape index (κ1) is 21.1. The highest BCUT2D eigenvalue weighted by atomic mass is 14.9. The maximum absolute atomic E-state index is 2.51. The summed E-state index contributed by atoms with van der Waals surface area (Å²) in [5.41, 5.74) is 9.41. The zero-order valence-electron chi connectivity index (χ0n) is 19.7. The van der Waals surface area contributed by atoms with E-state index < -0.39 is 0 Å². The molecule has 0 bridgehead atoms. The van der Waals surface area contributed by atoms with Crippen LogP contribution in [0.25, 0.3) is 11.3 Å². The van der Waals surface area contributed by atoms with Crippen LogP contribution < -0.4 is 4.57 Å². The van der Waals surface area contributed by atoms with E-state index in [-0.39, 0.29) is 10.8 Å². The van der Waals surface area contributed by atoms with Gasteiger partial charge in [-0.05, 0) is 71.3 Å². The Labute approximate surface area is 173 Å². The lowest BCUT2D eigenvalue weighted by atomic mass is 9.73. The predicted octanol–water partition coefficient (Wildman–Crippen LogP) is 6.81. The molecule has 152 valence electrons. The Hall–Kier alpha value is -1.63. The molecule has 1 aromatic heterocycles. The minimum Gasteiger partial charge on any atom is -0.201 e. The van der Waals surface area contributed by atoms with E-state index in [1.165, 1.54) is 41.6 Å². The second-order valence-electron chi connectivity index (χ2n) is 11.6. The van der Waals surface area contributed by atoms with E-state index in [1.807, 2.05) is 0 Å². The zero-order chi connectivity index (χ0) is 20.9. The van der Waals surface area contributed by atoms with Gasteiger partial charge in [-0.3, -0.25) is 0 Å². The van der Waals surface area contributed by atoms with Gasteiger partial charge in [0.2, 0.25) is 5.69 Å². The molecular formula is C27H40N+. The van der Waals surface area contributed by atoms with Gasteiger partial charge in [-0.15, -0.1) is 0 Å². The van der Waals surface area contributed by atoms with Gasteiger partial charge in [-0.2, -0.15) is 0 Å². The van der Waals surface area contributed by atoms with Crippen LogP contribution in [0.4, 0.5) is 0 Å². The molecule has 1 heteroatoms. The van der Waals surface area contributed by atoms with Crippen molar-refractivity contribution in [3.8, 4) is 11.3 Å². The second-order valence-corrected chi connectivity index (χ2v) is 11.6. The lowest BCUT2D eigenvalue weighted by Crippen LogP contribution is -2.32. The highest BCUT2D eigenvalue weighted by Crippen LogP contribution is 2.45. The molecule has 0 atom stereocenters. The number of nitrogens with zero attached hydrogens (tertiary/aromatic N) is 1. The van der Waals surface area contributed by atoms with E-state index in [9.17, 15) is 0 Å². The molecule has 0 amide bonds. The molecule has 1 heterocycles. The molecule has 0 saturated heterocycles. The topological polar surface area (TPSA) is 3.88 Å². The molecule has 1 aliphatic carbocycles. The van der Waals surface area contributed by atoms with Gasteiger partial charge in [0.15, 0.2) is 6.20 Å². The minimum absolute atomic E-state index is 0.232.